The molecule has 0 fully saturated rings. The van der Waals surface area contributed by atoms with Gasteiger partial charge in [-0.05, 0) is 24.3 Å². The van der Waals surface area contributed by atoms with E-state index in [9.17, 15) is 4.39 Å². The van der Waals surface area contributed by atoms with Crippen molar-refractivity contribution in [1.29, 1.82) is 0 Å². The van der Waals surface area contributed by atoms with Crippen LogP contribution in [0.4, 0.5) is 4.39 Å². The highest BCUT2D eigenvalue weighted by molar-refractivity contribution is 7.16. The minimum Gasteiger partial charge on any atom is -0.486 e. The molecule has 0 aliphatic heterocycles. The number of halogens is 1. The van der Waals surface area contributed by atoms with Gasteiger partial charge in [0.25, 0.3) is 0 Å². The summed E-state index contributed by atoms with van der Waals surface area (Å²) in [5, 5.41) is 13.0. The topological polar surface area (TPSA) is 78.3 Å². The molecule has 0 atom stereocenters. The third-order valence-electron chi connectivity index (χ3n) is 2.45. The summed E-state index contributed by atoms with van der Waals surface area (Å²) in [5.74, 6) is 0.840. The maximum atomic E-state index is 12.7. The second-order valence-electron chi connectivity index (χ2n) is 3.75. The zero-order chi connectivity index (χ0) is 13.2. The lowest BCUT2D eigenvalue weighted by molar-refractivity contribution is 0.292. The van der Waals surface area contributed by atoms with E-state index in [0.717, 1.165) is 5.01 Å². The highest BCUT2D eigenvalue weighted by atomic mass is 32.1. The predicted octanol–water partition coefficient (Wildman–Crippen LogP) is 1.36. The van der Waals surface area contributed by atoms with Gasteiger partial charge in [-0.25, -0.2) is 4.39 Å². The summed E-state index contributed by atoms with van der Waals surface area (Å²) in [6.07, 6.45) is 0. The van der Waals surface area contributed by atoms with E-state index in [-0.39, 0.29) is 12.4 Å². The van der Waals surface area contributed by atoms with Gasteiger partial charge in [0.1, 0.15) is 23.2 Å². The molecular formula is C11H10FN5OS. The first kappa shape index (κ1) is 12.0. The second-order valence-corrected chi connectivity index (χ2v) is 4.79. The smallest absolute Gasteiger partial charge is 0.234 e. The number of hydrogen-bond acceptors (Lipinski definition) is 6. The van der Waals surface area contributed by atoms with Gasteiger partial charge in [0.15, 0.2) is 5.82 Å². The van der Waals surface area contributed by atoms with Gasteiger partial charge in [0.2, 0.25) is 4.96 Å². The zero-order valence-electron chi connectivity index (χ0n) is 9.78. The fourth-order valence-corrected chi connectivity index (χ4v) is 2.28. The SMILES string of the molecule is NCc1nn2c(COc3ccc(F)cc3)nnc2s1. The van der Waals surface area contributed by atoms with Crippen molar-refractivity contribution in [3.8, 4) is 5.75 Å². The van der Waals surface area contributed by atoms with Crippen molar-refractivity contribution in [3.05, 3.63) is 40.9 Å². The molecule has 2 heterocycles. The zero-order valence-corrected chi connectivity index (χ0v) is 10.6. The standard InChI is InChI=1S/C11H10FN5OS/c12-7-1-3-8(4-2-7)18-6-9-14-15-11-17(9)16-10(5-13)19-11/h1-4H,5-6,13H2. The summed E-state index contributed by atoms with van der Waals surface area (Å²) in [5.41, 5.74) is 5.52. The van der Waals surface area contributed by atoms with E-state index < -0.39 is 0 Å². The second kappa shape index (κ2) is 4.90. The van der Waals surface area contributed by atoms with Crippen LogP contribution in [0.5, 0.6) is 5.75 Å². The largest absolute Gasteiger partial charge is 0.486 e. The number of fused-ring (bicyclic) bond motifs is 1. The average molecular weight is 279 g/mol. The van der Waals surface area contributed by atoms with Crippen LogP contribution in [0, 0.1) is 5.82 Å². The normalized spacial score (nSPS) is 11.1. The summed E-state index contributed by atoms with van der Waals surface area (Å²) in [4.78, 5) is 0.679. The van der Waals surface area contributed by atoms with E-state index in [1.807, 2.05) is 0 Å². The number of nitrogens with zero attached hydrogens (tertiary/aromatic N) is 4. The molecule has 19 heavy (non-hydrogen) atoms. The van der Waals surface area contributed by atoms with E-state index in [1.165, 1.54) is 23.5 Å². The molecule has 3 aromatic rings. The number of nitrogens with two attached hydrogens (primary N) is 1. The van der Waals surface area contributed by atoms with Crippen LogP contribution in [0.1, 0.15) is 10.8 Å². The van der Waals surface area contributed by atoms with Gasteiger partial charge in [-0.2, -0.15) is 9.61 Å². The first-order chi connectivity index (χ1) is 9.26. The lowest BCUT2D eigenvalue weighted by Crippen LogP contribution is -2.03. The Balaban J connectivity index is 1.77. The number of aromatic nitrogens is 4. The van der Waals surface area contributed by atoms with Crippen LogP contribution in [0.3, 0.4) is 0 Å². The fraction of sp³-hybridized carbons (Fsp3) is 0.182. The Hall–Kier alpha value is -2.06. The van der Waals surface area contributed by atoms with Gasteiger partial charge in [-0.3, -0.25) is 0 Å². The lowest BCUT2D eigenvalue weighted by atomic mass is 10.3. The summed E-state index contributed by atoms with van der Waals surface area (Å²) in [6, 6.07) is 5.79. The molecular weight excluding hydrogens is 269 g/mol. The molecule has 0 spiro atoms. The number of benzene rings is 1. The highest BCUT2D eigenvalue weighted by Gasteiger charge is 2.11. The molecule has 2 N–H and O–H groups in total. The number of ether oxygens (including phenoxy) is 1. The summed E-state index contributed by atoms with van der Waals surface area (Å²) in [6.45, 7) is 0.576. The monoisotopic (exact) mass is 279 g/mol. The maximum Gasteiger partial charge on any atom is 0.234 e. The van der Waals surface area contributed by atoms with E-state index in [0.29, 0.717) is 23.1 Å². The Morgan fingerprint density at radius 2 is 2.05 bits per heavy atom. The number of hydrogen-bond donors (Lipinski definition) is 1. The van der Waals surface area contributed by atoms with Crippen molar-refractivity contribution in [2.24, 2.45) is 5.73 Å². The van der Waals surface area contributed by atoms with Crippen molar-refractivity contribution in [2.45, 2.75) is 13.2 Å². The fourth-order valence-electron chi connectivity index (χ4n) is 1.55. The number of rotatable bonds is 4. The Morgan fingerprint density at radius 1 is 1.26 bits per heavy atom. The molecule has 0 saturated heterocycles. The van der Waals surface area contributed by atoms with Crippen molar-refractivity contribution in [1.82, 2.24) is 19.8 Å². The molecule has 6 nitrogen and oxygen atoms in total. The van der Waals surface area contributed by atoms with Crippen LogP contribution < -0.4 is 10.5 Å². The van der Waals surface area contributed by atoms with Crippen molar-refractivity contribution >= 4 is 16.3 Å². The van der Waals surface area contributed by atoms with E-state index in [4.69, 9.17) is 10.5 Å². The van der Waals surface area contributed by atoms with Crippen LogP contribution in [-0.4, -0.2) is 19.8 Å². The van der Waals surface area contributed by atoms with Gasteiger partial charge in [0, 0.05) is 6.54 Å². The Bertz CT molecular complexity index is 693. The molecule has 2 aromatic heterocycles. The molecule has 98 valence electrons. The van der Waals surface area contributed by atoms with Crippen LogP contribution >= 0.6 is 11.3 Å². The molecule has 0 unspecified atom stereocenters. The Labute approximate surface area is 111 Å². The Morgan fingerprint density at radius 3 is 2.79 bits per heavy atom. The molecule has 0 aliphatic carbocycles. The van der Waals surface area contributed by atoms with Crippen LogP contribution in [0.25, 0.3) is 4.96 Å². The summed E-state index contributed by atoms with van der Waals surface area (Å²) < 4.78 is 19.9. The van der Waals surface area contributed by atoms with Gasteiger partial charge in [0.05, 0.1) is 0 Å². The molecule has 3 rings (SSSR count). The average Bonchev–Trinajstić information content (AvgIpc) is 2.98. The molecule has 0 bridgehead atoms. The predicted molar refractivity (Wildman–Crippen MR) is 67.3 cm³/mol. The van der Waals surface area contributed by atoms with Crippen molar-refractivity contribution in [2.75, 3.05) is 0 Å². The first-order valence-corrected chi connectivity index (χ1v) is 6.36. The van der Waals surface area contributed by atoms with Crippen molar-refractivity contribution < 1.29 is 9.13 Å². The third-order valence-corrected chi connectivity index (χ3v) is 3.37. The molecule has 0 aliphatic rings. The third kappa shape index (κ3) is 2.40. The van der Waals surface area contributed by atoms with Crippen LogP contribution in [0.2, 0.25) is 0 Å². The lowest BCUT2D eigenvalue weighted by Gasteiger charge is -2.03. The molecule has 0 amide bonds. The quantitative estimate of drug-likeness (QED) is 0.780. The minimum atomic E-state index is -0.302. The van der Waals surface area contributed by atoms with Crippen LogP contribution in [-0.2, 0) is 13.2 Å². The van der Waals surface area contributed by atoms with E-state index in [2.05, 4.69) is 15.3 Å². The Kier molecular flexibility index (Phi) is 3.10. The highest BCUT2D eigenvalue weighted by Crippen LogP contribution is 2.16. The molecule has 0 saturated carbocycles. The van der Waals surface area contributed by atoms with Gasteiger partial charge in [-0.15, -0.1) is 10.2 Å². The van der Waals surface area contributed by atoms with Gasteiger partial charge in [-0.1, -0.05) is 11.3 Å². The molecule has 0 radical (unpaired) electrons. The summed E-state index contributed by atoms with van der Waals surface area (Å²) >= 11 is 1.39. The summed E-state index contributed by atoms with van der Waals surface area (Å²) in [7, 11) is 0. The van der Waals surface area contributed by atoms with Crippen LogP contribution in [0.15, 0.2) is 24.3 Å². The van der Waals surface area contributed by atoms with E-state index in [1.54, 1.807) is 16.6 Å². The minimum absolute atomic E-state index is 0.209. The van der Waals surface area contributed by atoms with Crippen molar-refractivity contribution in [3.63, 3.8) is 0 Å². The molecule has 1 aromatic carbocycles. The van der Waals surface area contributed by atoms with E-state index >= 15 is 0 Å². The van der Waals surface area contributed by atoms with Gasteiger partial charge < -0.3 is 10.5 Å². The first-order valence-electron chi connectivity index (χ1n) is 5.54. The molecule has 8 heteroatoms. The van der Waals surface area contributed by atoms with Gasteiger partial charge >= 0.3 is 0 Å². The maximum absolute atomic E-state index is 12.7.